The van der Waals surface area contributed by atoms with E-state index in [1.54, 1.807) is 23.9 Å². The molecular formula is C28H25BrN4O2S. The molecule has 1 unspecified atom stereocenters. The third kappa shape index (κ3) is 5.24. The van der Waals surface area contributed by atoms with Gasteiger partial charge in [0.15, 0.2) is 5.17 Å². The molecule has 5 rings (SSSR count). The normalized spacial score (nSPS) is 17.2. The molecule has 0 aromatic heterocycles. The van der Waals surface area contributed by atoms with Gasteiger partial charge in [-0.1, -0.05) is 64.1 Å². The molecule has 6 nitrogen and oxygen atoms in total. The SMILES string of the molecule is CC1=C(C(=O)Nc2ccccc2)C(c2cccc(NC(=O)c3cccc(Br)c3)c2)N2CCCSC2=N1. The first kappa shape index (κ1) is 24.3. The molecule has 8 heteroatoms. The zero-order valence-corrected chi connectivity index (χ0v) is 22.1. The predicted molar refractivity (Wildman–Crippen MR) is 150 cm³/mol. The van der Waals surface area contributed by atoms with Crippen LogP contribution >= 0.6 is 27.7 Å². The lowest BCUT2D eigenvalue weighted by Gasteiger charge is -2.41. The monoisotopic (exact) mass is 560 g/mol. The highest BCUT2D eigenvalue weighted by Gasteiger charge is 2.37. The van der Waals surface area contributed by atoms with Gasteiger partial charge in [-0.25, -0.2) is 4.99 Å². The van der Waals surface area contributed by atoms with Crippen molar-refractivity contribution in [1.82, 2.24) is 4.90 Å². The number of nitrogens with one attached hydrogen (secondary N) is 2. The van der Waals surface area contributed by atoms with Crippen molar-refractivity contribution in [2.45, 2.75) is 19.4 Å². The number of benzene rings is 3. The summed E-state index contributed by atoms with van der Waals surface area (Å²) in [5.74, 6) is 0.635. The summed E-state index contributed by atoms with van der Waals surface area (Å²) in [6, 6.07) is 24.1. The summed E-state index contributed by atoms with van der Waals surface area (Å²) < 4.78 is 0.843. The molecule has 1 fully saturated rings. The number of fused-ring (bicyclic) bond motifs is 1. The molecule has 2 amide bonds. The molecular weight excluding hydrogens is 536 g/mol. The average Bonchev–Trinajstić information content (AvgIpc) is 2.88. The van der Waals surface area contributed by atoms with E-state index in [-0.39, 0.29) is 17.9 Å². The van der Waals surface area contributed by atoms with E-state index < -0.39 is 0 Å². The van der Waals surface area contributed by atoms with E-state index in [0.29, 0.717) is 22.5 Å². The summed E-state index contributed by atoms with van der Waals surface area (Å²) >= 11 is 5.14. The Bertz CT molecular complexity index is 1370. The van der Waals surface area contributed by atoms with Gasteiger partial charge in [-0.05, 0) is 61.4 Å². The van der Waals surface area contributed by atoms with Gasteiger partial charge >= 0.3 is 0 Å². The molecule has 3 aromatic rings. The maximum absolute atomic E-state index is 13.6. The summed E-state index contributed by atoms with van der Waals surface area (Å²) in [6.07, 6.45) is 1.01. The molecule has 0 aliphatic carbocycles. The van der Waals surface area contributed by atoms with Crippen LogP contribution in [0, 0.1) is 0 Å². The molecule has 2 heterocycles. The van der Waals surface area contributed by atoms with Crippen LogP contribution in [0.25, 0.3) is 0 Å². The third-order valence-corrected chi connectivity index (χ3v) is 7.65. The Morgan fingerprint density at radius 2 is 1.69 bits per heavy atom. The summed E-state index contributed by atoms with van der Waals surface area (Å²) in [5.41, 5.74) is 4.21. The first-order chi connectivity index (χ1) is 17.5. The van der Waals surface area contributed by atoms with E-state index in [9.17, 15) is 9.59 Å². The molecule has 1 atom stereocenters. The number of carbonyl (C=O) groups excluding carboxylic acids is 2. The minimum absolute atomic E-state index is 0.175. The number of thioether (sulfide) groups is 1. The zero-order valence-electron chi connectivity index (χ0n) is 19.7. The molecule has 0 spiro atoms. The van der Waals surface area contributed by atoms with Crippen LogP contribution < -0.4 is 10.6 Å². The van der Waals surface area contributed by atoms with E-state index in [0.717, 1.165) is 39.6 Å². The van der Waals surface area contributed by atoms with E-state index in [4.69, 9.17) is 4.99 Å². The van der Waals surface area contributed by atoms with Gasteiger partial charge < -0.3 is 15.5 Å². The van der Waals surface area contributed by atoms with Gasteiger partial charge in [0.1, 0.15) is 0 Å². The Labute approximate surface area is 223 Å². The fraction of sp³-hybridized carbons (Fsp3) is 0.179. The van der Waals surface area contributed by atoms with Gasteiger partial charge in [-0.15, -0.1) is 0 Å². The fourth-order valence-corrected chi connectivity index (χ4v) is 5.86. The van der Waals surface area contributed by atoms with Gasteiger partial charge in [-0.2, -0.15) is 0 Å². The number of halogens is 1. The number of allylic oxidation sites excluding steroid dienone is 1. The molecule has 1 saturated heterocycles. The Balaban J connectivity index is 1.48. The lowest BCUT2D eigenvalue weighted by Crippen LogP contribution is -2.43. The Kier molecular flexibility index (Phi) is 7.25. The number of hydrogen-bond acceptors (Lipinski definition) is 5. The minimum Gasteiger partial charge on any atom is -0.340 e. The van der Waals surface area contributed by atoms with E-state index in [2.05, 4.69) is 31.5 Å². The number of rotatable bonds is 5. The summed E-state index contributed by atoms with van der Waals surface area (Å²) in [6.45, 7) is 2.70. The van der Waals surface area contributed by atoms with Crippen LogP contribution in [-0.2, 0) is 4.79 Å². The van der Waals surface area contributed by atoms with Gasteiger partial charge in [0.25, 0.3) is 11.8 Å². The largest absolute Gasteiger partial charge is 0.340 e. The molecule has 36 heavy (non-hydrogen) atoms. The number of anilines is 2. The van der Waals surface area contributed by atoms with Crippen molar-refractivity contribution in [1.29, 1.82) is 0 Å². The standard InChI is InChI=1S/C28H25BrN4O2S/c1-18-24(27(35)31-22-11-3-2-4-12-22)25(33-14-7-15-36-28(33)30-18)19-8-6-13-23(17-19)32-26(34)20-9-5-10-21(29)16-20/h2-6,8-13,16-17,25H,7,14-15H2,1H3,(H,31,35)(H,32,34). The summed E-state index contributed by atoms with van der Waals surface area (Å²) in [5, 5.41) is 6.97. The second-order valence-electron chi connectivity index (χ2n) is 8.60. The minimum atomic E-state index is -0.309. The first-order valence-corrected chi connectivity index (χ1v) is 13.5. The quantitative estimate of drug-likeness (QED) is 0.375. The van der Waals surface area contributed by atoms with Crippen molar-refractivity contribution in [3.8, 4) is 0 Å². The van der Waals surface area contributed by atoms with E-state index >= 15 is 0 Å². The van der Waals surface area contributed by atoms with Gasteiger partial charge in [0.2, 0.25) is 0 Å². The number of aliphatic imine (C=N–C) groups is 1. The molecule has 0 saturated carbocycles. The van der Waals surface area contributed by atoms with Crippen molar-refractivity contribution in [3.05, 3.63) is 106 Å². The van der Waals surface area contributed by atoms with E-state index in [1.165, 1.54) is 0 Å². The molecule has 0 radical (unpaired) electrons. The Hall–Kier alpha value is -3.36. The highest BCUT2D eigenvalue weighted by atomic mass is 79.9. The van der Waals surface area contributed by atoms with Crippen LogP contribution in [0.3, 0.4) is 0 Å². The highest BCUT2D eigenvalue weighted by molar-refractivity contribution is 9.10. The van der Waals surface area contributed by atoms with Crippen LogP contribution in [0.1, 0.15) is 35.3 Å². The van der Waals surface area contributed by atoms with Crippen molar-refractivity contribution in [2.75, 3.05) is 22.9 Å². The van der Waals surface area contributed by atoms with Crippen LogP contribution in [-0.4, -0.2) is 34.2 Å². The second kappa shape index (κ2) is 10.7. The molecule has 2 aliphatic heterocycles. The van der Waals surface area contributed by atoms with Crippen molar-refractivity contribution < 1.29 is 9.59 Å². The third-order valence-electron chi connectivity index (χ3n) is 6.08. The molecule has 182 valence electrons. The zero-order chi connectivity index (χ0) is 25.1. The Morgan fingerprint density at radius 1 is 0.944 bits per heavy atom. The molecule has 0 bridgehead atoms. The lowest BCUT2D eigenvalue weighted by molar-refractivity contribution is -0.113. The molecule has 2 N–H and O–H groups in total. The van der Waals surface area contributed by atoms with Crippen LogP contribution in [0.2, 0.25) is 0 Å². The van der Waals surface area contributed by atoms with Crippen molar-refractivity contribution in [3.63, 3.8) is 0 Å². The molecule has 3 aromatic carbocycles. The van der Waals surface area contributed by atoms with Crippen LogP contribution in [0.15, 0.2) is 99.6 Å². The van der Waals surface area contributed by atoms with Crippen molar-refractivity contribution >= 4 is 56.0 Å². The van der Waals surface area contributed by atoms with Crippen molar-refractivity contribution in [2.24, 2.45) is 4.99 Å². The topological polar surface area (TPSA) is 73.8 Å². The van der Waals surface area contributed by atoms with Gasteiger partial charge in [-0.3, -0.25) is 9.59 Å². The van der Waals surface area contributed by atoms with Crippen LogP contribution in [0.4, 0.5) is 11.4 Å². The maximum atomic E-state index is 13.6. The highest BCUT2D eigenvalue weighted by Crippen LogP contribution is 2.40. The second-order valence-corrected chi connectivity index (χ2v) is 10.6. The molecule has 2 aliphatic rings. The average molecular weight is 562 g/mol. The van der Waals surface area contributed by atoms with Gasteiger partial charge in [0.05, 0.1) is 17.3 Å². The summed E-state index contributed by atoms with van der Waals surface area (Å²) in [4.78, 5) is 33.4. The Morgan fingerprint density at radius 3 is 2.50 bits per heavy atom. The maximum Gasteiger partial charge on any atom is 0.255 e. The number of nitrogens with zero attached hydrogens (tertiary/aromatic N) is 2. The lowest BCUT2D eigenvalue weighted by atomic mass is 9.93. The number of hydrogen-bond donors (Lipinski definition) is 2. The summed E-state index contributed by atoms with van der Waals surface area (Å²) in [7, 11) is 0. The number of carbonyl (C=O) groups is 2. The van der Waals surface area contributed by atoms with E-state index in [1.807, 2.05) is 73.7 Å². The number of amidine groups is 1. The number of amides is 2. The van der Waals surface area contributed by atoms with Gasteiger partial charge in [0, 0.05) is 33.7 Å². The first-order valence-electron chi connectivity index (χ1n) is 11.7. The number of para-hydroxylation sites is 1. The predicted octanol–water partition coefficient (Wildman–Crippen LogP) is 6.46. The fourth-order valence-electron chi connectivity index (χ4n) is 4.44. The smallest absolute Gasteiger partial charge is 0.255 e. The van der Waals surface area contributed by atoms with Crippen LogP contribution in [0.5, 0.6) is 0 Å².